The van der Waals surface area contributed by atoms with Crippen molar-refractivity contribution in [2.75, 3.05) is 4.90 Å². The Morgan fingerprint density at radius 3 is 2.48 bits per heavy atom. The quantitative estimate of drug-likeness (QED) is 0.455. The Labute approximate surface area is 161 Å². The maximum absolute atomic E-state index is 12.9. The fourth-order valence-corrected chi connectivity index (χ4v) is 4.23. The van der Waals surface area contributed by atoms with Gasteiger partial charge in [0, 0.05) is 28.7 Å². The minimum atomic E-state index is -0.281. The van der Waals surface area contributed by atoms with Crippen LogP contribution in [0.3, 0.4) is 0 Å². The standard InChI is InChI=1S/C22H18N2O2S/c1-3-13-23-15(2)18(17-11-7-8-12-19(17)23)14-20-21(25)24(22(26)27-20)16-9-5-4-6-10-16/h3-12,14H,1,13H2,2H3/b20-14+. The molecule has 2 amide bonds. The van der Waals surface area contributed by atoms with Gasteiger partial charge in [-0.15, -0.1) is 6.58 Å². The maximum atomic E-state index is 12.9. The topological polar surface area (TPSA) is 42.3 Å². The molecule has 2 heterocycles. The van der Waals surface area contributed by atoms with Gasteiger partial charge in [0.25, 0.3) is 11.1 Å². The molecule has 0 spiro atoms. The number of amides is 2. The second-order valence-corrected chi connectivity index (χ2v) is 7.26. The van der Waals surface area contributed by atoms with Gasteiger partial charge in [0.1, 0.15) is 0 Å². The van der Waals surface area contributed by atoms with Crippen molar-refractivity contribution >= 4 is 45.6 Å². The number of imide groups is 1. The fourth-order valence-electron chi connectivity index (χ4n) is 3.40. The molecule has 0 N–H and O–H groups in total. The maximum Gasteiger partial charge on any atom is 0.298 e. The van der Waals surface area contributed by atoms with Crippen molar-refractivity contribution in [3.63, 3.8) is 0 Å². The zero-order valence-corrected chi connectivity index (χ0v) is 15.7. The number of benzene rings is 2. The lowest BCUT2D eigenvalue weighted by Crippen LogP contribution is -2.27. The van der Waals surface area contributed by atoms with E-state index in [2.05, 4.69) is 17.2 Å². The molecule has 4 nitrogen and oxygen atoms in total. The summed E-state index contributed by atoms with van der Waals surface area (Å²) >= 11 is 0.980. The molecule has 134 valence electrons. The molecule has 1 fully saturated rings. The van der Waals surface area contributed by atoms with Gasteiger partial charge in [0.05, 0.1) is 10.6 Å². The Morgan fingerprint density at radius 2 is 1.74 bits per heavy atom. The lowest BCUT2D eigenvalue weighted by atomic mass is 10.1. The lowest BCUT2D eigenvalue weighted by molar-refractivity contribution is -0.113. The van der Waals surface area contributed by atoms with Gasteiger partial charge >= 0.3 is 0 Å². The highest BCUT2D eigenvalue weighted by Crippen LogP contribution is 2.37. The molecule has 27 heavy (non-hydrogen) atoms. The summed E-state index contributed by atoms with van der Waals surface area (Å²) in [6.45, 7) is 6.55. The normalized spacial score (nSPS) is 15.9. The Bertz CT molecular complexity index is 1100. The van der Waals surface area contributed by atoms with Gasteiger partial charge in [-0.2, -0.15) is 0 Å². The van der Waals surface area contributed by atoms with Gasteiger partial charge in [-0.3, -0.25) is 9.59 Å². The number of aromatic nitrogens is 1. The number of carbonyl (C=O) groups excluding carboxylic acids is 2. The van der Waals surface area contributed by atoms with E-state index < -0.39 is 0 Å². The van der Waals surface area contributed by atoms with E-state index in [1.807, 2.05) is 55.5 Å². The van der Waals surface area contributed by atoms with Crippen LogP contribution in [0.25, 0.3) is 17.0 Å². The van der Waals surface area contributed by atoms with E-state index in [0.29, 0.717) is 17.1 Å². The number of hydrogen-bond acceptors (Lipinski definition) is 3. The second kappa shape index (κ2) is 6.93. The molecule has 4 rings (SSSR count). The molecule has 2 aromatic carbocycles. The Hall–Kier alpha value is -3.05. The first-order valence-electron chi connectivity index (χ1n) is 8.63. The predicted molar refractivity (Wildman–Crippen MR) is 112 cm³/mol. The van der Waals surface area contributed by atoms with Crippen molar-refractivity contribution in [1.29, 1.82) is 0 Å². The average molecular weight is 374 g/mol. The summed E-state index contributed by atoms with van der Waals surface area (Å²) in [6.07, 6.45) is 3.69. The molecule has 1 saturated heterocycles. The zero-order valence-electron chi connectivity index (χ0n) is 14.9. The summed E-state index contributed by atoms with van der Waals surface area (Å²) < 4.78 is 2.16. The molecule has 0 bridgehead atoms. The monoisotopic (exact) mass is 374 g/mol. The first kappa shape index (κ1) is 17.4. The molecule has 1 aliphatic heterocycles. The molecular weight excluding hydrogens is 356 g/mol. The number of nitrogens with zero attached hydrogens (tertiary/aromatic N) is 2. The number of anilines is 1. The third-order valence-corrected chi connectivity index (χ3v) is 5.54. The van der Waals surface area contributed by atoms with Crippen molar-refractivity contribution < 1.29 is 9.59 Å². The van der Waals surface area contributed by atoms with E-state index >= 15 is 0 Å². The summed E-state index contributed by atoms with van der Waals surface area (Å²) in [7, 11) is 0. The first-order valence-corrected chi connectivity index (χ1v) is 9.45. The SMILES string of the molecule is C=CCn1c(C)c(/C=C2/SC(=O)N(c3ccccc3)C2=O)c2ccccc21. The summed E-state index contributed by atoms with van der Waals surface area (Å²) in [5.74, 6) is -0.281. The van der Waals surface area contributed by atoms with Crippen LogP contribution in [0.1, 0.15) is 11.3 Å². The summed E-state index contributed by atoms with van der Waals surface area (Å²) in [6, 6.07) is 17.1. The molecule has 1 aromatic heterocycles. The van der Waals surface area contributed by atoms with Crippen LogP contribution in [0.5, 0.6) is 0 Å². The van der Waals surface area contributed by atoms with E-state index in [0.717, 1.165) is 33.9 Å². The number of fused-ring (bicyclic) bond motifs is 1. The fraction of sp³-hybridized carbons (Fsp3) is 0.0909. The smallest absolute Gasteiger partial charge is 0.298 e. The van der Waals surface area contributed by atoms with Crippen molar-refractivity contribution in [1.82, 2.24) is 4.57 Å². The highest BCUT2D eigenvalue weighted by molar-refractivity contribution is 8.19. The molecular formula is C22H18N2O2S. The molecule has 0 atom stereocenters. The summed E-state index contributed by atoms with van der Waals surface area (Å²) in [4.78, 5) is 27.0. The molecule has 0 unspecified atom stereocenters. The molecule has 5 heteroatoms. The van der Waals surface area contributed by atoms with E-state index in [1.165, 1.54) is 4.90 Å². The summed E-state index contributed by atoms with van der Waals surface area (Å²) in [5, 5.41) is 0.785. The van der Waals surface area contributed by atoms with Crippen LogP contribution < -0.4 is 4.90 Å². The highest BCUT2D eigenvalue weighted by Gasteiger charge is 2.36. The minimum Gasteiger partial charge on any atom is -0.340 e. The van der Waals surface area contributed by atoms with E-state index in [1.54, 1.807) is 12.1 Å². The zero-order chi connectivity index (χ0) is 19.0. The van der Waals surface area contributed by atoms with Gasteiger partial charge < -0.3 is 4.57 Å². The van der Waals surface area contributed by atoms with Gasteiger partial charge in [-0.25, -0.2) is 4.90 Å². The van der Waals surface area contributed by atoms with Gasteiger partial charge in [-0.1, -0.05) is 42.5 Å². The third-order valence-electron chi connectivity index (χ3n) is 4.67. The molecule has 3 aromatic rings. The van der Waals surface area contributed by atoms with Crippen molar-refractivity contribution in [2.45, 2.75) is 13.5 Å². The number of thioether (sulfide) groups is 1. The number of rotatable bonds is 4. The number of hydrogen-bond donors (Lipinski definition) is 0. The van der Waals surface area contributed by atoms with Crippen LogP contribution in [-0.4, -0.2) is 15.7 Å². The number of allylic oxidation sites excluding steroid dienone is 1. The molecule has 0 aliphatic carbocycles. The highest BCUT2D eigenvalue weighted by atomic mass is 32.2. The van der Waals surface area contributed by atoms with Crippen LogP contribution in [0, 0.1) is 6.92 Å². The van der Waals surface area contributed by atoms with E-state index in [4.69, 9.17) is 0 Å². The molecule has 0 radical (unpaired) electrons. The van der Waals surface area contributed by atoms with Crippen molar-refractivity contribution in [3.05, 3.63) is 83.4 Å². The van der Waals surface area contributed by atoms with Gasteiger partial charge in [0.2, 0.25) is 0 Å². The number of para-hydroxylation sites is 2. The Kier molecular flexibility index (Phi) is 4.46. The molecule has 1 aliphatic rings. The largest absolute Gasteiger partial charge is 0.340 e. The van der Waals surface area contributed by atoms with E-state index in [-0.39, 0.29) is 11.1 Å². The van der Waals surface area contributed by atoms with Crippen LogP contribution in [0.15, 0.2) is 72.2 Å². The lowest BCUT2D eigenvalue weighted by Gasteiger charge is -2.11. The van der Waals surface area contributed by atoms with Gasteiger partial charge in [-0.05, 0) is 43.0 Å². The van der Waals surface area contributed by atoms with Crippen molar-refractivity contribution in [3.8, 4) is 0 Å². The average Bonchev–Trinajstić information content (AvgIpc) is 3.11. The third kappa shape index (κ3) is 2.90. The second-order valence-electron chi connectivity index (χ2n) is 6.27. The van der Waals surface area contributed by atoms with Crippen LogP contribution in [-0.2, 0) is 11.3 Å². The van der Waals surface area contributed by atoms with E-state index in [9.17, 15) is 9.59 Å². The number of carbonyl (C=O) groups is 2. The molecule has 0 saturated carbocycles. The minimum absolute atomic E-state index is 0.273. The first-order chi connectivity index (χ1) is 13.1. The van der Waals surface area contributed by atoms with Crippen LogP contribution in [0.4, 0.5) is 10.5 Å². The Morgan fingerprint density at radius 1 is 1.04 bits per heavy atom. The Balaban J connectivity index is 1.81. The predicted octanol–water partition coefficient (Wildman–Crippen LogP) is 5.38. The van der Waals surface area contributed by atoms with Crippen molar-refractivity contribution in [2.24, 2.45) is 0 Å². The summed E-state index contributed by atoms with van der Waals surface area (Å²) in [5.41, 5.74) is 3.69. The van der Waals surface area contributed by atoms with Gasteiger partial charge in [0.15, 0.2) is 0 Å². The van der Waals surface area contributed by atoms with Crippen LogP contribution in [0.2, 0.25) is 0 Å². The van der Waals surface area contributed by atoms with Crippen LogP contribution >= 0.6 is 11.8 Å².